The number of halogens is 2. The Hall–Kier alpha value is -3.76. The summed E-state index contributed by atoms with van der Waals surface area (Å²) in [7, 11) is 1.63. The smallest absolute Gasteiger partial charge is 0.175 e. The summed E-state index contributed by atoms with van der Waals surface area (Å²) in [6, 6.07) is 16.9. The Kier molecular flexibility index (Phi) is 7.44. The van der Waals surface area contributed by atoms with Crippen LogP contribution in [-0.2, 0) is 0 Å². The fraction of sp³-hybridized carbons (Fsp3) is 0.214. The maximum absolute atomic E-state index is 13.9. The van der Waals surface area contributed by atoms with E-state index in [1.807, 2.05) is 48.5 Å². The number of methoxy groups -OCH3 is 1. The van der Waals surface area contributed by atoms with Gasteiger partial charge in [-0.05, 0) is 73.0 Å². The van der Waals surface area contributed by atoms with Crippen LogP contribution in [0.1, 0.15) is 18.4 Å². The highest BCUT2D eigenvalue weighted by atomic mass is 32.1. The third kappa shape index (κ3) is 5.56. The van der Waals surface area contributed by atoms with Gasteiger partial charge in [0.05, 0.1) is 12.8 Å². The maximum Gasteiger partial charge on any atom is 0.175 e. The predicted octanol–water partition coefficient (Wildman–Crippen LogP) is 6.42. The second-order valence-corrected chi connectivity index (χ2v) is 9.84. The van der Waals surface area contributed by atoms with E-state index in [1.54, 1.807) is 7.11 Å². The van der Waals surface area contributed by atoms with Crippen molar-refractivity contribution in [3.05, 3.63) is 83.9 Å². The normalized spacial score (nSPS) is 15.3. The van der Waals surface area contributed by atoms with Crippen LogP contribution < -0.4 is 25.4 Å². The third-order valence-electron chi connectivity index (χ3n) is 6.59. The summed E-state index contributed by atoms with van der Waals surface area (Å²) in [6.45, 7) is 1.49. The number of piperidine rings is 1. The van der Waals surface area contributed by atoms with E-state index < -0.39 is 17.2 Å². The molecule has 2 heterocycles. The molecule has 1 spiro atoms. The van der Waals surface area contributed by atoms with E-state index in [0.717, 1.165) is 48.7 Å². The Balaban J connectivity index is 1.19. The molecule has 0 saturated carbocycles. The maximum atomic E-state index is 13.9. The van der Waals surface area contributed by atoms with Gasteiger partial charge in [-0.15, -0.1) is 0 Å². The van der Waals surface area contributed by atoms with Crippen molar-refractivity contribution in [2.24, 2.45) is 0 Å². The molecule has 0 aliphatic carbocycles. The first-order valence-electron chi connectivity index (χ1n) is 12.1. The van der Waals surface area contributed by atoms with E-state index >= 15 is 0 Å². The van der Waals surface area contributed by atoms with Crippen LogP contribution in [0.4, 0.5) is 25.8 Å². The van der Waals surface area contributed by atoms with E-state index in [-0.39, 0.29) is 10.8 Å². The molecule has 2 aliphatic heterocycles. The molecule has 3 aromatic rings. The zero-order chi connectivity index (χ0) is 26.7. The highest BCUT2D eigenvalue weighted by Crippen LogP contribution is 2.38. The fourth-order valence-electron chi connectivity index (χ4n) is 4.54. The minimum atomic E-state index is -0.719. The average Bonchev–Trinajstić information content (AvgIpc) is 2.92. The summed E-state index contributed by atoms with van der Waals surface area (Å²) in [5.74, 6) is 0.0655. The molecule has 2 aliphatic rings. The van der Waals surface area contributed by atoms with Crippen molar-refractivity contribution in [1.82, 2.24) is 4.90 Å². The van der Waals surface area contributed by atoms with E-state index in [1.165, 1.54) is 18.2 Å². The van der Waals surface area contributed by atoms with Gasteiger partial charge >= 0.3 is 0 Å². The van der Waals surface area contributed by atoms with Crippen molar-refractivity contribution in [2.75, 3.05) is 36.1 Å². The van der Waals surface area contributed by atoms with Crippen LogP contribution in [0.2, 0.25) is 0 Å². The van der Waals surface area contributed by atoms with Gasteiger partial charge in [-0.3, -0.25) is 0 Å². The molecule has 3 aromatic carbocycles. The molecule has 196 valence electrons. The number of benzene rings is 3. The van der Waals surface area contributed by atoms with Gasteiger partial charge in [-0.2, -0.15) is 0 Å². The van der Waals surface area contributed by atoms with Crippen molar-refractivity contribution in [2.45, 2.75) is 18.4 Å². The van der Waals surface area contributed by atoms with Crippen molar-refractivity contribution < 1.29 is 18.3 Å². The molecule has 0 aromatic heterocycles. The second kappa shape index (κ2) is 10.9. The largest absolute Gasteiger partial charge is 0.495 e. The summed E-state index contributed by atoms with van der Waals surface area (Å²) in [5.41, 5.74) is 1.69. The van der Waals surface area contributed by atoms with Crippen LogP contribution in [0.3, 0.4) is 0 Å². The Morgan fingerprint density at radius 2 is 1.68 bits per heavy atom. The quantitative estimate of drug-likeness (QED) is 0.321. The number of rotatable bonds is 4. The summed E-state index contributed by atoms with van der Waals surface area (Å²) < 4.78 is 39.7. The Morgan fingerprint density at radius 1 is 0.947 bits per heavy atom. The molecule has 1 saturated heterocycles. The molecule has 0 atom stereocenters. The van der Waals surface area contributed by atoms with Crippen LogP contribution in [0.15, 0.2) is 66.7 Å². The first-order valence-corrected chi connectivity index (χ1v) is 12.9. The standard InChI is InChI=1S/C28H26F2N4O2S2/c1-35-24-8-3-2-7-22(24)32-27(38)34-15-13-28(14-16-34)12-11-18-17-19(9-10-23(18)36-28)31-26(37)33-25-20(29)5-4-6-21(25)30/h2-12,17H,13-16H2,1H3,(H,32,38)(H2,31,33,37). The van der Waals surface area contributed by atoms with Gasteiger partial charge in [0.25, 0.3) is 0 Å². The number of thiocarbonyl (C=S) groups is 2. The molecule has 1 fully saturated rings. The Bertz CT molecular complexity index is 1390. The van der Waals surface area contributed by atoms with Gasteiger partial charge in [0.15, 0.2) is 10.2 Å². The second-order valence-electron chi connectivity index (χ2n) is 9.05. The molecular formula is C28H26F2N4O2S2. The summed E-state index contributed by atoms with van der Waals surface area (Å²) >= 11 is 10.9. The third-order valence-corrected chi connectivity index (χ3v) is 7.16. The lowest BCUT2D eigenvalue weighted by Gasteiger charge is -2.42. The van der Waals surface area contributed by atoms with Crippen LogP contribution in [-0.4, -0.2) is 40.9 Å². The monoisotopic (exact) mass is 552 g/mol. The highest BCUT2D eigenvalue weighted by molar-refractivity contribution is 7.80. The first kappa shape index (κ1) is 25.9. The number of hydrogen-bond acceptors (Lipinski definition) is 4. The molecule has 0 unspecified atom stereocenters. The SMILES string of the molecule is COc1ccccc1NC(=S)N1CCC2(C=Cc3cc(NC(=S)Nc4c(F)cccc4F)ccc3O2)CC1. The van der Waals surface area contributed by atoms with Crippen LogP contribution in [0.25, 0.3) is 6.08 Å². The number of para-hydroxylation sites is 3. The first-order chi connectivity index (χ1) is 18.4. The molecule has 0 radical (unpaired) electrons. The number of hydrogen-bond donors (Lipinski definition) is 3. The minimum Gasteiger partial charge on any atom is -0.495 e. The molecule has 6 nitrogen and oxygen atoms in total. The van der Waals surface area contributed by atoms with Crippen LogP contribution in [0, 0.1) is 11.6 Å². The number of nitrogens with one attached hydrogen (secondary N) is 3. The number of ether oxygens (including phenoxy) is 2. The number of likely N-dealkylation sites (tertiary alicyclic amines) is 1. The van der Waals surface area contributed by atoms with Crippen LogP contribution >= 0.6 is 24.4 Å². The topological polar surface area (TPSA) is 57.8 Å². The summed E-state index contributed by atoms with van der Waals surface area (Å²) in [4.78, 5) is 2.14. The Morgan fingerprint density at radius 3 is 2.42 bits per heavy atom. The van der Waals surface area contributed by atoms with E-state index in [9.17, 15) is 8.78 Å². The summed E-state index contributed by atoms with van der Waals surface area (Å²) in [6.07, 6.45) is 5.69. The molecule has 5 rings (SSSR count). The lowest BCUT2D eigenvalue weighted by atomic mass is 9.88. The van der Waals surface area contributed by atoms with Crippen LogP contribution in [0.5, 0.6) is 11.5 Å². The van der Waals surface area contributed by atoms with Gasteiger partial charge < -0.3 is 30.3 Å². The molecule has 0 amide bonds. The van der Waals surface area contributed by atoms with Crippen molar-refractivity contribution >= 4 is 57.8 Å². The predicted molar refractivity (Wildman–Crippen MR) is 155 cm³/mol. The minimum absolute atomic E-state index is 0.0798. The highest BCUT2D eigenvalue weighted by Gasteiger charge is 2.37. The Labute approximate surface area is 230 Å². The fourth-order valence-corrected chi connectivity index (χ4v) is 5.05. The molecule has 0 bridgehead atoms. The molecule has 38 heavy (non-hydrogen) atoms. The van der Waals surface area contributed by atoms with Gasteiger partial charge in [-0.25, -0.2) is 8.78 Å². The van der Waals surface area contributed by atoms with Gasteiger partial charge in [0, 0.05) is 37.2 Å². The molecule has 10 heteroatoms. The van der Waals surface area contributed by atoms with Crippen molar-refractivity contribution in [3.63, 3.8) is 0 Å². The number of anilines is 3. The van der Waals surface area contributed by atoms with Crippen molar-refractivity contribution in [3.8, 4) is 11.5 Å². The lowest BCUT2D eigenvalue weighted by molar-refractivity contribution is 0.0594. The van der Waals surface area contributed by atoms with E-state index in [4.69, 9.17) is 33.9 Å². The van der Waals surface area contributed by atoms with Gasteiger partial charge in [0.1, 0.15) is 34.4 Å². The van der Waals surface area contributed by atoms with Gasteiger partial charge in [-0.1, -0.05) is 24.3 Å². The number of fused-ring (bicyclic) bond motifs is 1. The molecule has 3 N–H and O–H groups in total. The average molecular weight is 553 g/mol. The van der Waals surface area contributed by atoms with E-state index in [2.05, 4.69) is 26.9 Å². The van der Waals surface area contributed by atoms with Crippen molar-refractivity contribution in [1.29, 1.82) is 0 Å². The number of nitrogens with zero attached hydrogens (tertiary/aromatic N) is 1. The van der Waals surface area contributed by atoms with Gasteiger partial charge in [0.2, 0.25) is 0 Å². The lowest BCUT2D eigenvalue weighted by Crippen LogP contribution is -2.50. The molecular weight excluding hydrogens is 526 g/mol. The summed E-state index contributed by atoms with van der Waals surface area (Å²) in [5, 5.41) is 9.58. The zero-order valence-electron chi connectivity index (χ0n) is 20.6. The van der Waals surface area contributed by atoms with E-state index in [0.29, 0.717) is 10.8 Å². The zero-order valence-corrected chi connectivity index (χ0v) is 22.2.